The van der Waals surface area contributed by atoms with E-state index in [0.717, 1.165) is 19.3 Å². The molecule has 1 saturated heterocycles. The monoisotopic (exact) mass is 341 g/mol. The van der Waals surface area contributed by atoms with Crippen LogP contribution in [0.2, 0.25) is 0 Å². The van der Waals surface area contributed by atoms with Gasteiger partial charge in [0.2, 0.25) is 11.8 Å². The zero-order valence-electron chi connectivity index (χ0n) is 13.9. The Bertz CT molecular complexity index is 758. The molecule has 0 spiro atoms. The summed E-state index contributed by atoms with van der Waals surface area (Å²) in [6.45, 7) is 1.04. The Kier molecular flexibility index (Phi) is 3.71. The molecule has 4 unspecified atom stereocenters. The lowest BCUT2D eigenvalue weighted by Crippen LogP contribution is -2.32. The molecule has 130 valence electrons. The number of hydrogen-bond donors (Lipinski definition) is 0. The summed E-state index contributed by atoms with van der Waals surface area (Å²) in [6.07, 6.45) is 3.03. The molecule has 0 N–H and O–H groups in total. The van der Waals surface area contributed by atoms with E-state index in [1.54, 1.807) is 18.2 Å². The van der Waals surface area contributed by atoms with Gasteiger partial charge in [-0.2, -0.15) is 0 Å². The number of Topliss-reactive ketones (excluding diaryl/α,β-unsaturated/α-hetero) is 1. The van der Waals surface area contributed by atoms with E-state index in [2.05, 4.69) is 0 Å². The summed E-state index contributed by atoms with van der Waals surface area (Å²) in [5, 5.41) is 0. The molecular formula is C19H19NO5. The van der Waals surface area contributed by atoms with E-state index >= 15 is 0 Å². The highest BCUT2D eigenvalue weighted by molar-refractivity contribution is 6.22. The van der Waals surface area contributed by atoms with Gasteiger partial charge in [0.05, 0.1) is 23.1 Å². The number of ketones is 1. The third-order valence-corrected chi connectivity index (χ3v) is 5.67. The van der Waals surface area contributed by atoms with Crippen LogP contribution in [0.3, 0.4) is 0 Å². The van der Waals surface area contributed by atoms with E-state index in [4.69, 9.17) is 4.74 Å². The van der Waals surface area contributed by atoms with Gasteiger partial charge >= 0.3 is 5.97 Å². The van der Waals surface area contributed by atoms with E-state index in [-0.39, 0.29) is 41.6 Å². The highest BCUT2D eigenvalue weighted by Crippen LogP contribution is 2.56. The van der Waals surface area contributed by atoms with Gasteiger partial charge in [0.1, 0.15) is 6.61 Å². The number of benzene rings is 1. The zero-order valence-corrected chi connectivity index (χ0v) is 13.9. The quantitative estimate of drug-likeness (QED) is 0.618. The van der Waals surface area contributed by atoms with E-state index in [1.807, 2.05) is 0 Å². The van der Waals surface area contributed by atoms with Crippen LogP contribution in [0, 0.1) is 23.7 Å². The largest absolute Gasteiger partial charge is 0.454 e. The Morgan fingerprint density at radius 1 is 1.12 bits per heavy atom. The van der Waals surface area contributed by atoms with Crippen molar-refractivity contribution in [2.45, 2.75) is 26.2 Å². The normalized spacial score (nSPS) is 29.9. The van der Waals surface area contributed by atoms with Crippen molar-refractivity contribution in [3.63, 3.8) is 0 Å². The van der Waals surface area contributed by atoms with Crippen LogP contribution < -0.4 is 4.90 Å². The molecule has 6 heteroatoms. The third-order valence-electron chi connectivity index (χ3n) is 5.67. The van der Waals surface area contributed by atoms with Crippen LogP contribution in [0.15, 0.2) is 24.3 Å². The van der Waals surface area contributed by atoms with E-state index in [0.29, 0.717) is 17.5 Å². The van der Waals surface area contributed by atoms with Crippen molar-refractivity contribution in [2.24, 2.45) is 23.7 Å². The van der Waals surface area contributed by atoms with Crippen LogP contribution in [0.1, 0.15) is 36.5 Å². The van der Waals surface area contributed by atoms with Crippen molar-refractivity contribution in [1.82, 2.24) is 0 Å². The minimum absolute atomic E-state index is 0.142. The summed E-state index contributed by atoms with van der Waals surface area (Å²) < 4.78 is 4.90. The van der Waals surface area contributed by atoms with Crippen molar-refractivity contribution < 1.29 is 23.9 Å². The fraction of sp³-hybridized carbons (Fsp3) is 0.474. The Labute approximate surface area is 145 Å². The summed E-state index contributed by atoms with van der Waals surface area (Å²) in [4.78, 5) is 49.9. The van der Waals surface area contributed by atoms with Gasteiger partial charge in [0.15, 0.2) is 5.78 Å². The SMILES string of the molecule is CC(=O)COC(=O)c1cccc(N2C(=O)C3C4CCC(C4)C3C2=O)c1. The number of ether oxygens (including phenoxy) is 1. The van der Waals surface area contributed by atoms with Gasteiger partial charge in [-0.3, -0.25) is 19.3 Å². The maximum atomic E-state index is 12.8. The molecule has 1 heterocycles. The molecule has 3 aliphatic rings. The zero-order chi connectivity index (χ0) is 17.7. The summed E-state index contributed by atoms with van der Waals surface area (Å²) in [5.41, 5.74) is 0.625. The van der Waals surface area contributed by atoms with Crippen molar-refractivity contribution in [2.75, 3.05) is 11.5 Å². The van der Waals surface area contributed by atoms with Gasteiger partial charge in [0.25, 0.3) is 0 Å². The summed E-state index contributed by atoms with van der Waals surface area (Å²) in [7, 11) is 0. The van der Waals surface area contributed by atoms with Gasteiger partial charge in [0, 0.05) is 0 Å². The van der Waals surface area contributed by atoms with Crippen LogP contribution in [-0.4, -0.2) is 30.2 Å². The lowest BCUT2D eigenvalue weighted by Gasteiger charge is -2.19. The van der Waals surface area contributed by atoms with Crippen molar-refractivity contribution in [1.29, 1.82) is 0 Å². The number of amides is 2. The van der Waals surface area contributed by atoms with E-state index < -0.39 is 5.97 Å². The maximum absolute atomic E-state index is 12.8. The lowest BCUT2D eigenvalue weighted by molar-refractivity contribution is -0.123. The number of fused-ring (bicyclic) bond motifs is 5. The smallest absolute Gasteiger partial charge is 0.338 e. The van der Waals surface area contributed by atoms with Crippen molar-refractivity contribution >= 4 is 29.3 Å². The number of carbonyl (C=O) groups is 4. The Balaban J connectivity index is 1.59. The van der Waals surface area contributed by atoms with Crippen LogP contribution in [0.25, 0.3) is 0 Å². The first-order valence-corrected chi connectivity index (χ1v) is 8.62. The molecule has 1 aromatic rings. The van der Waals surface area contributed by atoms with Crippen LogP contribution in [0.4, 0.5) is 5.69 Å². The molecule has 1 aromatic carbocycles. The van der Waals surface area contributed by atoms with Gasteiger partial charge in [-0.05, 0) is 56.2 Å². The molecule has 2 amide bonds. The number of carbonyl (C=O) groups excluding carboxylic acids is 4. The summed E-state index contributed by atoms with van der Waals surface area (Å²) in [6, 6.07) is 6.30. The molecule has 0 aromatic heterocycles. The lowest BCUT2D eigenvalue weighted by atomic mass is 9.81. The van der Waals surface area contributed by atoms with Gasteiger partial charge in [-0.15, -0.1) is 0 Å². The highest BCUT2D eigenvalue weighted by Gasteiger charge is 2.61. The number of imide groups is 1. The van der Waals surface area contributed by atoms with Gasteiger partial charge < -0.3 is 4.74 Å². The van der Waals surface area contributed by atoms with E-state index in [1.165, 1.54) is 17.9 Å². The second kappa shape index (κ2) is 5.79. The van der Waals surface area contributed by atoms with Crippen LogP contribution in [0.5, 0.6) is 0 Å². The molecule has 4 atom stereocenters. The maximum Gasteiger partial charge on any atom is 0.338 e. The topological polar surface area (TPSA) is 80.8 Å². The average molecular weight is 341 g/mol. The number of esters is 1. The highest BCUT2D eigenvalue weighted by atomic mass is 16.5. The molecule has 25 heavy (non-hydrogen) atoms. The predicted molar refractivity (Wildman–Crippen MR) is 87.7 cm³/mol. The Morgan fingerprint density at radius 3 is 2.36 bits per heavy atom. The minimum Gasteiger partial charge on any atom is -0.454 e. The number of rotatable bonds is 4. The molecule has 2 aliphatic carbocycles. The second-order valence-electron chi connectivity index (χ2n) is 7.23. The standard InChI is InChI=1S/C19H19NO5/c1-10(21)9-25-19(24)13-3-2-4-14(8-13)20-17(22)15-11-5-6-12(7-11)16(15)18(20)23/h2-4,8,11-12,15-16H,5-7,9H2,1H3. The first-order chi connectivity index (χ1) is 12.0. The summed E-state index contributed by atoms with van der Waals surface area (Å²) >= 11 is 0. The molecule has 0 radical (unpaired) electrons. The number of hydrogen-bond acceptors (Lipinski definition) is 5. The molecule has 4 rings (SSSR count). The number of anilines is 1. The number of nitrogens with zero attached hydrogens (tertiary/aromatic N) is 1. The van der Waals surface area contributed by atoms with Crippen LogP contribution >= 0.6 is 0 Å². The fourth-order valence-electron chi connectivity index (χ4n) is 4.69. The molecule has 6 nitrogen and oxygen atoms in total. The third kappa shape index (κ3) is 2.47. The molecule has 2 saturated carbocycles. The molecular weight excluding hydrogens is 322 g/mol. The predicted octanol–water partition coefficient (Wildman–Crippen LogP) is 1.97. The van der Waals surface area contributed by atoms with Gasteiger partial charge in [-0.1, -0.05) is 6.07 Å². The second-order valence-corrected chi connectivity index (χ2v) is 7.23. The summed E-state index contributed by atoms with van der Waals surface area (Å²) in [5.74, 6) is -0.929. The van der Waals surface area contributed by atoms with Crippen LogP contribution in [-0.2, 0) is 19.1 Å². The fourth-order valence-corrected chi connectivity index (χ4v) is 4.69. The van der Waals surface area contributed by atoms with Crippen molar-refractivity contribution in [3.8, 4) is 0 Å². The van der Waals surface area contributed by atoms with E-state index in [9.17, 15) is 19.2 Å². The Hall–Kier alpha value is -2.50. The van der Waals surface area contributed by atoms with Gasteiger partial charge in [-0.25, -0.2) is 4.79 Å². The average Bonchev–Trinajstić information content (AvgIpc) is 3.26. The molecule has 2 bridgehead atoms. The molecule has 1 aliphatic heterocycles. The van der Waals surface area contributed by atoms with Crippen molar-refractivity contribution in [3.05, 3.63) is 29.8 Å². The molecule has 3 fully saturated rings. The Morgan fingerprint density at radius 2 is 1.76 bits per heavy atom. The minimum atomic E-state index is -0.642. The first-order valence-electron chi connectivity index (χ1n) is 8.62. The first kappa shape index (κ1) is 16.0.